The molecule has 0 saturated carbocycles. The number of likely N-dealkylation sites (tertiary alicyclic amines) is 1. The molecule has 2 atom stereocenters. The summed E-state index contributed by atoms with van der Waals surface area (Å²) in [6, 6.07) is 11.5. The maximum atomic E-state index is 11.5. The summed E-state index contributed by atoms with van der Waals surface area (Å²) in [6.45, 7) is 5.93. The van der Waals surface area contributed by atoms with Crippen molar-refractivity contribution >= 4 is 39.3 Å². The third-order valence-electron chi connectivity index (χ3n) is 8.11. The summed E-state index contributed by atoms with van der Waals surface area (Å²) in [6.07, 6.45) is 4.75. The standard InChI is InChI=1S/C29H29ClN4O5S/c1-29(24-6-5-18(30)14-31-24)38-22-4-2-3-20(26(22)39-29)17-7-10-33(11-8-17)16-25-32-27-21(13-23(40-27)28(35)36)34(25)15-19-9-12-37-19/h2-6,13-14,17,19H,7-12,15-16H2,1H3,(H,35,36)/t19?,29-/m0/s1. The van der Waals surface area contributed by atoms with Crippen molar-refractivity contribution in [2.24, 2.45) is 0 Å². The number of aromatic carboxylic acids is 1. The number of imidazole rings is 1. The number of nitrogens with zero attached hydrogens (tertiary/aromatic N) is 4. The molecule has 2 fully saturated rings. The van der Waals surface area contributed by atoms with E-state index in [1.165, 1.54) is 16.9 Å². The summed E-state index contributed by atoms with van der Waals surface area (Å²) in [7, 11) is 0. The number of fused-ring (bicyclic) bond motifs is 2. The summed E-state index contributed by atoms with van der Waals surface area (Å²) in [5, 5.41) is 10.0. The van der Waals surface area contributed by atoms with Crippen molar-refractivity contribution in [3.63, 3.8) is 0 Å². The number of halogens is 1. The number of thiophene rings is 1. The van der Waals surface area contributed by atoms with E-state index < -0.39 is 11.8 Å². The Balaban J connectivity index is 1.06. The molecule has 9 nitrogen and oxygen atoms in total. The topological polar surface area (TPSA) is 98.9 Å². The Morgan fingerprint density at radius 3 is 2.73 bits per heavy atom. The normalized spacial score (nSPS) is 23.0. The number of piperidine rings is 1. The molecule has 4 aromatic rings. The van der Waals surface area contributed by atoms with Crippen molar-refractivity contribution in [2.45, 2.75) is 57.1 Å². The van der Waals surface area contributed by atoms with E-state index in [9.17, 15) is 9.90 Å². The van der Waals surface area contributed by atoms with Crippen molar-refractivity contribution in [1.82, 2.24) is 19.4 Å². The van der Waals surface area contributed by atoms with Crippen LogP contribution in [0.4, 0.5) is 0 Å². The predicted octanol–water partition coefficient (Wildman–Crippen LogP) is 5.66. The Kier molecular flexibility index (Phi) is 6.46. The number of carboxylic acids is 1. The quantitative estimate of drug-likeness (QED) is 0.299. The zero-order valence-corrected chi connectivity index (χ0v) is 23.6. The van der Waals surface area contributed by atoms with E-state index in [0.29, 0.717) is 28.1 Å². The molecule has 0 bridgehead atoms. The fourth-order valence-corrected chi connectivity index (χ4v) is 6.85. The number of rotatable bonds is 7. The van der Waals surface area contributed by atoms with Gasteiger partial charge >= 0.3 is 5.97 Å². The van der Waals surface area contributed by atoms with Gasteiger partial charge in [0.1, 0.15) is 21.2 Å². The number of carbonyl (C=O) groups is 1. The summed E-state index contributed by atoms with van der Waals surface area (Å²) in [5.74, 6) is 0.935. The average molecular weight is 581 g/mol. The van der Waals surface area contributed by atoms with Crippen LogP contribution in [0.5, 0.6) is 11.5 Å². The zero-order chi connectivity index (χ0) is 27.4. The van der Waals surface area contributed by atoms with Crippen LogP contribution in [0.25, 0.3) is 10.3 Å². The first-order valence-corrected chi connectivity index (χ1v) is 14.7. The summed E-state index contributed by atoms with van der Waals surface area (Å²) >= 11 is 7.27. The molecule has 2 saturated heterocycles. The number of hydrogen-bond acceptors (Lipinski definition) is 8. The number of benzene rings is 1. The highest BCUT2D eigenvalue weighted by Crippen LogP contribution is 2.49. The molecular weight excluding hydrogens is 552 g/mol. The summed E-state index contributed by atoms with van der Waals surface area (Å²) in [5.41, 5.74) is 2.73. The molecule has 3 aliphatic heterocycles. The second-order valence-electron chi connectivity index (χ2n) is 10.8. The second kappa shape index (κ2) is 10.0. The number of aromatic nitrogens is 3. The van der Waals surface area contributed by atoms with E-state index in [1.807, 2.05) is 25.1 Å². The van der Waals surface area contributed by atoms with Gasteiger partial charge in [-0.3, -0.25) is 9.88 Å². The van der Waals surface area contributed by atoms with Crippen LogP contribution in [0.2, 0.25) is 5.02 Å². The van der Waals surface area contributed by atoms with Crippen molar-refractivity contribution in [3.05, 3.63) is 69.6 Å². The van der Waals surface area contributed by atoms with Crippen LogP contribution in [0.1, 0.15) is 58.9 Å². The first-order valence-electron chi connectivity index (χ1n) is 13.6. The average Bonchev–Trinajstić information content (AvgIpc) is 3.58. The van der Waals surface area contributed by atoms with E-state index >= 15 is 0 Å². The molecule has 3 aliphatic rings. The molecule has 6 heterocycles. The first-order chi connectivity index (χ1) is 19.4. The van der Waals surface area contributed by atoms with E-state index in [2.05, 4.69) is 20.5 Å². The van der Waals surface area contributed by atoms with Gasteiger partial charge in [-0.1, -0.05) is 23.7 Å². The summed E-state index contributed by atoms with van der Waals surface area (Å²) < 4.78 is 20.6. The van der Waals surface area contributed by atoms with Gasteiger partial charge in [-0.2, -0.15) is 0 Å². The second-order valence-corrected chi connectivity index (χ2v) is 12.2. The van der Waals surface area contributed by atoms with Crippen molar-refractivity contribution in [2.75, 3.05) is 19.7 Å². The lowest BCUT2D eigenvalue weighted by atomic mass is 9.88. The van der Waals surface area contributed by atoms with Gasteiger partial charge < -0.3 is 23.9 Å². The van der Waals surface area contributed by atoms with E-state index in [1.54, 1.807) is 18.3 Å². The van der Waals surface area contributed by atoms with Gasteiger partial charge in [0, 0.05) is 25.3 Å². The SMILES string of the molecule is C[C@]1(c2ccc(Cl)cn2)Oc2cccc(C3CCN(Cc4nc5sc(C(=O)O)cc5n4CC4CCO4)CC3)c2O1. The van der Waals surface area contributed by atoms with Crippen LogP contribution in [-0.2, 0) is 23.6 Å². The molecule has 1 N–H and O–H groups in total. The van der Waals surface area contributed by atoms with Crippen LogP contribution in [0.15, 0.2) is 42.6 Å². The van der Waals surface area contributed by atoms with Crippen molar-refractivity contribution in [3.8, 4) is 11.5 Å². The van der Waals surface area contributed by atoms with Gasteiger partial charge in [-0.05, 0) is 62.5 Å². The molecular formula is C29H29ClN4O5S. The highest BCUT2D eigenvalue weighted by Gasteiger charge is 2.42. The molecule has 0 radical (unpaired) electrons. The third kappa shape index (κ3) is 4.62. The van der Waals surface area contributed by atoms with Gasteiger partial charge in [-0.15, -0.1) is 11.3 Å². The molecule has 1 aromatic carbocycles. The number of ether oxygens (including phenoxy) is 3. The van der Waals surface area contributed by atoms with Gasteiger partial charge in [0.25, 0.3) is 5.79 Å². The van der Waals surface area contributed by atoms with Crippen LogP contribution < -0.4 is 9.47 Å². The van der Waals surface area contributed by atoms with E-state index in [0.717, 1.165) is 73.2 Å². The Morgan fingerprint density at radius 2 is 2.02 bits per heavy atom. The van der Waals surface area contributed by atoms with Crippen LogP contribution in [0, 0.1) is 0 Å². The Labute approximate surface area is 240 Å². The fourth-order valence-electron chi connectivity index (χ4n) is 5.84. The monoisotopic (exact) mass is 580 g/mol. The summed E-state index contributed by atoms with van der Waals surface area (Å²) in [4.78, 5) is 24.3. The Morgan fingerprint density at radius 1 is 1.20 bits per heavy atom. The first kappa shape index (κ1) is 25.8. The Bertz CT molecular complexity index is 1580. The smallest absolute Gasteiger partial charge is 0.346 e. The molecule has 0 spiro atoms. The van der Waals surface area contributed by atoms with Crippen molar-refractivity contribution in [1.29, 1.82) is 0 Å². The molecule has 40 heavy (non-hydrogen) atoms. The van der Waals surface area contributed by atoms with Gasteiger partial charge in [0.2, 0.25) is 0 Å². The molecule has 11 heteroatoms. The highest BCUT2D eigenvalue weighted by atomic mass is 35.5. The Hall–Kier alpha value is -3.18. The maximum Gasteiger partial charge on any atom is 0.346 e. The zero-order valence-electron chi connectivity index (χ0n) is 22.0. The number of hydrogen-bond donors (Lipinski definition) is 1. The van der Waals surface area contributed by atoms with Gasteiger partial charge in [0.05, 0.1) is 29.7 Å². The lowest BCUT2D eigenvalue weighted by molar-refractivity contribution is -0.0722. The van der Waals surface area contributed by atoms with Gasteiger partial charge in [0.15, 0.2) is 11.5 Å². The number of pyridine rings is 1. The lowest BCUT2D eigenvalue weighted by Gasteiger charge is -2.33. The van der Waals surface area contributed by atoms with E-state index in [-0.39, 0.29) is 6.10 Å². The number of carboxylic acid groups (broad SMARTS) is 1. The van der Waals surface area contributed by atoms with Crippen LogP contribution >= 0.6 is 22.9 Å². The minimum atomic E-state index is -1.00. The van der Waals surface area contributed by atoms with Crippen LogP contribution in [0.3, 0.4) is 0 Å². The van der Waals surface area contributed by atoms with Gasteiger partial charge in [-0.25, -0.2) is 9.78 Å². The predicted molar refractivity (Wildman–Crippen MR) is 150 cm³/mol. The van der Waals surface area contributed by atoms with Crippen LogP contribution in [-0.4, -0.2) is 56.3 Å². The molecule has 0 aliphatic carbocycles. The van der Waals surface area contributed by atoms with Crippen molar-refractivity contribution < 1.29 is 24.1 Å². The lowest BCUT2D eigenvalue weighted by Crippen LogP contribution is -2.35. The highest BCUT2D eigenvalue weighted by molar-refractivity contribution is 7.20. The third-order valence-corrected chi connectivity index (χ3v) is 9.34. The maximum absolute atomic E-state index is 11.5. The molecule has 3 aromatic heterocycles. The van der Waals surface area contributed by atoms with E-state index in [4.69, 9.17) is 30.8 Å². The number of para-hydroxylation sites is 1. The molecule has 208 valence electrons. The minimum absolute atomic E-state index is 0.159. The fraction of sp³-hybridized carbons (Fsp3) is 0.414. The molecule has 1 unspecified atom stereocenters. The molecule has 7 rings (SSSR count). The molecule has 0 amide bonds. The largest absolute Gasteiger partial charge is 0.477 e. The minimum Gasteiger partial charge on any atom is -0.477 e.